The van der Waals surface area contributed by atoms with Crippen molar-refractivity contribution in [3.05, 3.63) is 35.5 Å². The third-order valence-corrected chi connectivity index (χ3v) is 5.74. The number of morpholine rings is 1. The van der Waals surface area contributed by atoms with Crippen molar-refractivity contribution in [1.82, 2.24) is 9.47 Å². The molecule has 25 heavy (non-hydrogen) atoms. The number of carbonyl (C=O) groups excluding carboxylic acids is 1. The van der Waals surface area contributed by atoms with E-state index in [1.165, 1.54) is 16.5 Å². The van der Waals surface area contributed by atoms with Crippen molar-refractivity contribution >= 4 is 16.7 Å². The van der Waals surface area contributed by atoms with Crippen LogP contribution in [0.25, 0.3) is 10.9 Å². The first kappa shape index (κ1) is 16.8. The van der Waals surface area contributed by atoms with Crippen LogP contribution in [-0.2, 0) is 17.7 Å². The summed E-state index contributed by atoms with van der Waals surface area (Å²) < 4.78 is 7.75. The summed E-state index contributed by atoms with van der Waals surface area (Å²) in [5.74, 6) is 0.496. The van der Waals surface area contributed by atoms with E-state index in [2.05, 4.69) is 40.7 Å². The number of aryl methyl sites for hydroxylation is 2. The first-order valence-electron chi connectivity index (χ1n) is 9.74. The van der Waals surface area contributed by atoms with E-state index >= 15 is 0 Å². The summed E-state index contributed by atoms with van der Waals surface area (Å²) in [5.41, 5.74) is 3.52. The van der Waals surface area contributed by atoms with Gasteiger partial charge >= 0.3 is 0 Å². The molecular weight excluding hydrogens is 312 g/mol. The summed E-state index contributed by atoms with van der Waals surface area (Å²) in [6.45, 7) is 7.54. The number of nitrogens with zero attached hydrogens (tertiary/aromatic N) is 2. The van der Waals surface area contributed by atoms with Gasteiger partial charge in [-0.25, -0.2) is 0 Å². The molecule has 0 saturated carbocycles. The lowest BCUT2D eigenvalue weighted by Crippen LogP contribution is -2.42. The van der Waals surface area contributed by atoms with Crippen LogP contribution in [0.2, 0.25) is 0 Å². The molecule has 1 aromatic carbocycles. The Bertz CT molecular complexity index is 759. The van der Waals surface area contributed by atoms with E-state index in [0.717, 1.165) is 70.8 Å². The molecular formula is C21H28N2O2. The molecule has 2 aliphatic rings. The predicted octanol–water partition coefficient (Wildman–Crippen LogP) is 3.52. The first-order chi connectivity index (χ1) is 12.3. The minimum Gasteiger partial charge on any atom is -0.379 e. The molecule has 1 atom stereocenters. The molecule has 1 aromatic heterocycles. The van der Waals surface area contributed by atoms with Crippen LogP contribution < -0.4 is 0 Å². The smallest absolute Gasteiger partial charge is 0.183 e. The molecule has 2 aromatic rings. The molecule has 4 heteroatoms. The van der Waals surface area contributed by atoms with Gasteiger partial charge in [-0.1, -0.05) is 31.5 Å². The Balaban J connectivity index is 1.66. The molecule has 1 fully saturated rings. The molecule has 4 rings (SSSR count). The van der Waals surface area contributed by atoms with Crippen molar-refractivity contribution in [3.8, 4) is 0 Å². The second-order valence-corrected chi connectivity index (χ2v) is 7.36. The van der Waals surface area contributed by atoms with Crippen molar-refractivity contribution in [1.29, 1.82) is 0 Å². The fraction of sp³-hybridized carbons (Fsp3) is 0.571. The molecule has 0 amide bonds. The van der Waals surface area contributed by atoms with Gasteiger partial charge in [0.25, 0.3) is 0 Å². The van der Waals surface area contributed by atoms with Crippen molar-refractivity contribution in [3.63, 3.8) is 0 Å². The number of rotatable bonds is 5. The highest BCUT2D eigenvalue weighted by molar-refractivity contribution is 6.05. The number of hydrogen-bond acceptors (Lipinski definition) is 3. The van der Waals surface area contributed by atoms with Gasteiger partial charge in [0.2, 0.25) is 0 Å². The summed E-state index contributed by atoms with van der Waals surface area (Å²) in [6, 6.07) is 8.54. The van der Waals surface area contributed by atoms with Crippen LogP contribution in [0.15, 0.2) is 24.3 Å². The Morgan fingerprint density at radius 1 is 1.20 bits per heavy atom. The van der Waals surface area contributed by atoms with Gasteiger partial charge in [-0.3, -0.25) is 9.69 Å². The third kappa shape index (κ3) is 3.13. The van der Waals surface area contributed by atoms with Crippen LogP contribution >= 0.6 is 0 Å². The van der Waals surface area contributed by atoms with Crippen LogP contribution in [0.4, 0.5) is 0 Å². The van der Waals surface area contributed by atoms with Crippen LogP contribution in [0.5, 0.6) is 0 Å². The maximum atomic E-state index is 13.4. The molecule has 1 aliphatic carbocycles. The standard InChI is InChI=1S/C21H28N2O2/c1-2-3-10-23-19-7-5-4-6-17(19)18-9-8-16(21(24)20(18)23)15-22-11-13-25-14-12-22/h4-7,16H,2-3,8-15H2,1H3. The van der Waals surface area contributed by atoms with Gasteiger partial charge in [0.1, 0.15) is 0 Å². The second-order valence-electron chi connectivity index (χ2n) is 7.36. The van der Waals surface area contributed by atoms with Crippen LogP contribution in [0.1, 0.15) is 42.2 Å². The largest absolute Gasteiger partial charge is 0.379 e. The van der Waals surface area contributed by atoms with Crippen molar-refractivity contribution < 1.29 is 9.53 Å². The minimum atomic E-state index is 0.135. The predicted molar refractivity (Wildman–Crippen MR) is 100 cm³/mol. The number of hydrogen-bond donors (Lipinski definition) is 0. The summed E-state index contributed by atoms with van der Waals surface area (Å²) in [7, 11) is 0. The molecule has 1 unspecified atom stereocenters. The lowest BCUT2D eigenvalue weighted by atomic mass is 9.85. The summed E-state index contributed by atoms with van der Waals surface area (Å²) >= 11 is 0. The molecule has 0 radical (unpaired) electrons. The maximum Gasteiger partial charge on any atom is 0.183 e. The molecule has 0 spiro atoms. The Labute approximate surface area is 149 Å². The first-order valence-corrected chi connectivity index (χ1v) is 9.74. The van der Waals surface area contributed by atoms with Gasteiger partial charge < -0.3 is 9.30 Å². The molecule has 0 N–H and O–H groups in total. The van der Waals surface area contributed by atoms with E-state index in [-0.39, 0.29) is 5.92 Å². The zero-order valence-electron chi connectivity index (χ0n) is 15.2. The third-order valence-electron chi connectivity index (χ3n) is 5.74. The van der Waals surface area contributed by atoms with Gasteiger partial charge in [-0.2, -0.15) is 0 Å². The van der Waals surface area contributed by atoms with Gasteiger partial charge in [0, 0.05) is 43.0 Å². The van der Waals surface area contributed by atoms with Crippen LogP contribution in [0, 0.1) is 5.92 Å². The lowest BCUT2D eigenvalue weighted by Gasteiger charge is -2.31. The number of aromatic nitrogens is 1. The fourth-order valence-electron chi connectivity index (χ4n) is 4.37. The summed E-state index contributed by atoms with van der Waals surface area (Å²) in [5, 5.41) is 1.28. The lowest BCUT2D eigenvalue weighted by molar-refractivity contribution is 0.0290. The zero-order chi connectivity index (χ0) is 17.2. The minimum absolute atomic E-state index is 0.135. The van der Waals surface area contributed by atoms with E-state index in [9.17, 15) is 4.79 Å². The molecule has 2 heterocycles. The number of fused-ring (bicyclic) bond motifs is 3. The van der Waals surface area contributed by atoms with Gasteiger partial charge in [-0.15, -0.1) is 0 Å². The Hall–Kier alpha value is -1.65. The number of unbranched alkanes of at least 4 members (excludes halogenated alkanes) is 1. The monoisotopic (exact) mass is 340 g/mol. The van der Waals surface area contributed by atoms with E-state index < -0.39 is 0 Å². The number of ketones is 1. The van der Waals surface area contributed by atoms with Crippen LogP contribution in [0.3, 0.4) is 0 Å². The number of para-hydroxylation sites is 1. The fourth-order valence-corrected chi connectivity index (χ4v) is 4.37. The average molecular weight is 340 g/mol. The zero-order valence-corrected chi connectivity index (χ0v) is 15.2. The second kappa shape index (κ2) is 7.30. The Morgan fingerprint density at radius 3 is 2.80 bits per heavy atom. The van der Waals surface area contributed by atoms with Crippen molar-refractivity contribution in [2.45, 2.75) is 39.2 Å². The van der Waals surface area contributed by atoms with E-state index in [4.69, 9.17) is 4.74 Å². The number of carbonyl (C=O) groups is 1. The summed E-state index contributed by atoms with van der Waals surface area (Å²) in [6.07, 6.45) is 4.26. The maximum absolute atomic E-state index is 13.4. The number of Topliss-reactive ketones (excluding diaryl/α,β-unsaturated/α-hetero) is 1. The van der Waals surface area contributed by atoms with E-state index in [0.29, 0.717) is 5.78 Å². The summed E-state index contributed by atoms with van der Waals surface area (Å²) in [4.78, 5) is 15.8. The van der Waals surface area contributed by atoms with Gasteiger partial charge in [0.15, 0.2) is 5.78 Å². The highest BCUT2D eigenvalue weighted by Gasteiger charge is 2.33. The van der Waals surface area contributed by atoms with Crippen molar-refractivity contribution in [2.24, 2.45) is 5.92 Å². The van der Waals surface area contributed by atoms with Gasteiger partial charge in [0.05, 0.1) is 18.9 Å². The Morgan fingerprint density at radius 2 is 2.00 bits per heavy atom. The number of ether oxygens (including phenoxy) is 1. The topological polar surface area (TPSA) is 34.5 Å². The molecule has 0 bridgehead atoms. The van der Waals surface area contributed by atoms with Crippen LogP contribution in [-0.4, -0.2) is 48.1 Å². The number of benzene rings is 1. The highest BCUT2D eigenvalue weighted by Crippen LogP contribution is 2.35. The molecule has 1 aliphatic heterocycles. The highest BCUT2D eigenvalue weighted by atomic mass is 16.5. The Kier molecular flexibility index (Phi) is 4.91. The van der Waals surface area contributed by atoms with Crippen molar-refractivity contribution in [2.75, 3.05) is 32.8 Å². The average Bonchev–Trinajstić information content (AvgIpc) is 2.98. The molecule has 4 nitrogen and oxygen atoms in total. The van der Waals surface area contributed by atoms with E-state index in [1.807, 2.05) is 0 Å². The normalized spacial score (nSPS) is 21.6. The molecule has 1 saturated heterocycles. The van der Waals surface area contributed by atoms with Gasteiger partial charge in [-0.05, 0) is 30.9 Å². The quantitative estimate of drug-likeness (QED) is 0.835. The SMILES string of the molecule is CCCCn1c2c(c3ccccc31)CCC(CN1CCOCC1)C2=O. The molecule has 134 valence electrons. The van der Waals surface area contributed by atoms with E-state index in [1.54, 1.807) is 0 Å².